The minimum Gasteiger partial charge on any atom is -0.507 e. The first-order valence-corrected chi connectivity index (χ1v) is 9.02. The van der Waals surface area contributed by atoms with Crippen LogP contribution in [0.1, 0.15) is 24.4 Å². The number of benzene rings is 3. The zero-order valence-corrected chi connectivity index (χ0v) is 15.1. The van der Waals surface area contributed by atoms with E-state index in [1.807, 2.05) is 54.6 Å². The maximum absolute atomic E-state index is 12.6. The lowest BCUT2D eigenvalue weighted by molar-refractivity contribution is -0.117. The fourth-order valence-electron chi connectivity index (χ4n) is 3.68. The Kier molecular flexibility index (Phi) is 4.55. The van der Waals surface area contributed by atoms with Crippen molar-refractivity contribution in [2.24, 2.45) is 0 Å². The second-order valence-corrected chi connectivity index (χ2v) is 6.66. The molecule has 0 spiro atoms. The van der Waals surface area contributed by atoms with Gasteiger partial charge in [-0.25, -0.2) is 0 Å². The van der Waals surface area contributed by atoms with Crippen LogP contribution in [-0.2, 0) is 4.79 Å². The normalized spacial score (nSPS) is 16.6. The molecule has 0 aromatic heterocycles. The van der Waals surface area contributed by atoms with Gasteiger partial charge in [-0.15, -0.1) is 0 Å². The smallest absolute Gasteiger partial charge is 0.227 e. The van der Waals surface area contributed by atoms with Crippen molar-refractivity contribution in [3.8, 4) is 22.6 Å². The van der Waals surface area contributed by atoms with Gasteiger partial charge >= 0.3 is 0 Å². The van der Waals surface area contributed by atoms with Gasteiger partial charge in [-0.05, 0) is 41.8 Å². The quantitative estimate of drug-likeness (QED) is 0.718. The summed E-state index contributed by atoms with van der Waals surface area (Å²) in [7, 11) is 1.56. The van der Waals surface area contributed by atoms with E-state index in [1.54, 1.807) is 18.1 Å². The molecule has 4 nitrogen and oxygen atoms in total. The van der Waals surface area contributed by atoms with E-state index in [-0.39, 0.29) is 17.7 Å². The summed E-state index contributed by atoms with van der Waals surface area (Å²) in [5.41, 5.74) is 3.84. The number of phenolic OH excluding ortho intramolecular Hbond substituents is 1. The molecule has 1 N–H and O–H groups in total. The van der Waals surface area contributed by atoms with Crippen molar-refractivity contribution in [2.75, 3.05) is 12.0 Å². The molecule has 1 aliphatic rings. The minimum absolute atomic E-state index is 0.0719. The molecule has 1 fully saturated rings. The standard InChI is InChI=1S/C23H21NO3/c1-27-19-11-12-20(22(25)15-19)21-13-14-23(26)24(21)18-9-7-17(8-10-18)16-5-3-2-4-6-16/h2-12,15,21,25H,13-14H2,1H3. The Morgan fingerprint density at radius 1 is 0.963 bits per heavy atom. The van der Waals surface area contributed by atoms with E-state index in [1.165, 1.54) is 0 Å². The van der Waals surface area contributed by atoms with Crippen molar-refractivity contribution in [1.82, 2.24) is 0 Å². The predicted molar refractivity (Wildman–Crippen MR) is 106 cm³/mol. The predicted octanol–water partition coefficient (Wildman–Crippen LogP) is 4.94. The topological polar surface area (TPSA) is 49.8 Å². The van der Waals surface area contributed by atoms with E-state index < -0.39 is 0 Å². The second kappa shape index (κ2) is 7.16. The van der Waals surface area contributed by atoms with Crippen LogP contribution in [0.5, 0.6) is 11.5 Å². The molecule has 0 radical (unpaired) electrons. The van der Waals surface area contributed by atoms with Crippen molar-refractivity contribution < 1.29 is 14.6 Å². The summed E-state index contributed by atoms with van der Waals surface area (Å²) in [5, 5.41) is 10.4. The molecule has 3 aromatic carbocycles. The van der Waals surface area contributed by atoms with Crippen LogP contribution in [0.2, 0.25) is 0 Å². The van der Waals surface area contributed by atoms with Crippen LogP contribution in [0.25, 0.3) is 11.1 Å². The Hall–Kier alpha value is -3.27. The fourth-order valence-corrected chi connectivity index (χ4v) is 3.68. The van der Waals surface area contributed by atoms with Crippen LogP contribution >= 0.6 is 0 Å². The van der Waals surface area contributed by atoms with Crippen LogP contribution in [0.3, 0.4) is 0 Å². The van der Waals surface area contributed by atoms with E-state index in [0.717, 1.165) is 22.4 Å². The summed E-state index contributed by atoms with van der Waals surface area (Å²) in [4.78, 5) is 14.4. The van der Waals surface area contributed by atoms with Crippen LogP contribution < -0.4 is 9.64 Å². The molecule has 136 valence electrons. The molecule has 1 amide bonds. The number of hydrogen-bond acceptors (Lipinski definition) is 3. The SMILES string of the molecule is COc1ccc(C2CCC(=O)N2c2ccc(-c3ccccc3)cc2)c(O)c1. The average molecular weight is 359 g/mol. The lowest BCUT2D eigenvalue weighted by Crippen LogP contribution is -2.27. The molecule has 3 aromatic rings. The zero-order valence-electron chi connectivity index (χ0n) is 15.1. The van der Waals surface area contributed by atoms with Gasteiger partial charge in [-0.2, -0.15) is 0 Å². The van der Waals surface area contributed by atoms with Gasteiger partial charge in [0, 0.05) is 23.7 Å². The largest absolute Gasteiger partial charge is 0.507 e. The maximum Gasteiger partial charge on any atom is 0.227 e. The molecule has 1 atom stereocenters. The van der Waals surface area contributed by atoms with Gasteiger partial charge in [-0.3, -0.25) is 4.79 Å². The molecule has 1 aliphatic heterocycles. The Balaban J connectivity index is 1.66. The van der Waals surface area contributed by atoms with Crippen molar-refractivity contribution in [3.05, 3.63) is 78.4 Å². The summed E-state index contributed by atoms with van der Waals surface area (Å²) < 4.78 is 5.16. The second-order valence-electron chi connectivity index (χ2n) is 6.66. The molecule has 0 saturated carbocycles. The molecular formula is C23H21NO3. The van der Waals surface area contributed by atoms with Gasteiger partial charge in [-0.1, -0.05) is 42.5 Å². The van der Waals surface area contributed by atoms with Gasteiger partial charge in [0.2, 0.25) is 5.91 Å². The van der Waals surface area contributed by atoms with E-state index in [0.29, 0.717) is 18.6 Å². The third-order valence-corrected chi connectivity index (χ3v) is 5.06. The van der Waals surface area contributed by atoms with Crippen LogP contribution in [0.15, 0.2) is 72.8 Å². The third-order valence-electron chi connectivity index (χ3n) is 5.06. The van der Waals surface area contributed by atoms with E-state index >= 15 is 0 Å². The third kappa shape index (κ3) is 3.26. The Morgan fingerprint density at radius 3 is 2.33 bits per heavy atom. The van der Waals surface area contributed by atoms with Crippen molar-refractivity contribution in [1.29, 1.82) is 0 Å². The summed E-state index contributed by atoms with van der Waals surface area (Å²) >= 11 is 0. The lowest BCUT2D eigenvalue weighted by atomic mass is 10.0. The first-order valence-electron chi connectivity index (χ1n) is 9.02. The monoisotopic (exact) mass is 359 g/mol. The molecule has 1 saturated heterocycles. The molecular weight excluding hydrogens is 338 g/mol. The van der Waals surface area contributed by atoms with Crippen molar-refractivity contribution in [2.45, 2.75) is 18.9 Å². The summed E-state index contributed by atoms with van der Waals surface area (Å²) in [5.74, 6) is 0.821. The highest BCUT2D eigenvalue weighted by molar-refractivity contribution is 5.96. The summed E-state index contributed by atoms with van der Waals surface area (Å²) in [6, 6.07) is 23.2. The number of nitrogens with zero attached hydrogens (tertiary/aromatic N) is 1. The minimum atomic E-state index is -0.175. The van der Waals surface area contributed by atoms with Gasteiger partial charge in [0.1, 0.15) is 11.5 Å². The number of ether oxygens (including phenoxy) is 1. The number of rotatable bonds is 4. The number of carbonyl (C=O) groups excluding carboxylic acids is 1. The highest BCUT2D eigenvalue weighted by Crippen LogP contribution is 2.41. The number of phenols is 1. The molecule has 4 rings (SSSR count). The number of anilines is 1. The first-order chi connectivity index (χ1) is 13.2. The summed E-state index contributed by atoms with van der Waals surface area (Å²) in [6.07, 6.45) is 1.15. The van der Waals surface area contributed by atoms with Crippen LogP contribution in [0.4, 0.5) is 5.69 Å². The number of methoxy groups -OCH3 is 1. The van der Waals surface area contributed by atoms with E-state index in [9.17, 15) is 9.90 Å². The summed E-state index contributed by atoms with van der Waals surface area (Å²) in [6.45, 7) is 0. The van der Waals surface area contributed by atoms with Crippen molar-refractivity contribution in [3.63, 3.8) is 0 Å². The van der Waals surface area contributed by atoms with Gasteiger partial charge in [0.05, 0.1) is 13.2 Å². The Bertz CT molecular complexity index is 951. The molecule has 0 bridgehead atoms. The van der Waals surface area contributed by atoms with Crippen molar-refractivity contribution >= 4 is 11.6 Å². The molecule has 1 heterocycles. The van der Waals surface area contributed by atoms with Gasteiger partial charge in [0.15, 0.2) is 0 Å². The molecule has 27 heavy (non-hydrogen) atoms. The number of aromatic hydroxyl groups is 1. The fraction of sp³-hybridized carbons (Fsp3) is 0.174. The molecule has 1 unspecified atom stereocenters. The number of amides is 1. The number of carbonyl (C=O) groups is 1. The molecule has 0 aliphatic carbocycles. The van der Waals surface area contributed by atoms with E-state index in [4.69, 9.17) is 4.74 Å². The van der Waals surface area contributed by atoms with E-state index in [2.05, 4.69) is 12.1 Å². The highest BCUT2D eigenvalue weighted by atomic mass is 16.5. The van der Waals surface area contributed by atoms with Gasteiger partial charge in [0.25, 0.3) is 0 Å². The maximum atomic E-state index is 12.6. The molecule has 4 heteroatoms. The van der Waals surface area contributed by atoms with Crippen LogP contribution in [0, 0.1) is 0 Å². The lowest BCUT2D eigenvalue weighted by Gasteiger charge is -2.26. The van der Waals surface area contributed by atoms with Crippen LogP contribution in [-0.4, -0.2) is 18.1 Å². The van der Waals surface area contributed by atoms with Gasteiger partial charge < -0.3 is 14.7 Å². The number of hydrogen-bond donors (Lipinski definition) is 1. The Morgan fingerprint density at radius 2 is 1.67 bits per heavy atom. The first kappa shape index (κ1) is 17.2. The zero-order chi connectivity index (χ0) is 18.8. The Labute approximate surface area is 158 Å². The average Bonchev–Trinajstić information content (AvgIpc) is 3.09. The highest BCUT2D eigenvalue weighted by Gasteiger charge is 2.34.